The van der Waals surface area contributed by atoms with Crippen LogP contribution in [0.5, 0.6) is 11.5 Å². The molecule has 0 aliphatic rings. The van der Waals surface area contributed by atoms with E-state index in [0.29, 0.717) is 52.6 Å². The van der Waals surface area contributed by atoms with Gasteiger partial charge in [0.05, 0.1) is 5.69 Å². The van der Waals surface area contributed by atoms with E-state index in [0.717, 1.165) is 11.1 Å². The van der Waals surface area contributed by atoms with Gasteiger partial charge in [-0.15, -0.1) is 0 Å². The Morgan fingerprint density at radius 1 is 0.882 bits per heavy atom. The third-order valence-corrected chi connectivity index (χ3v) is 5.66. The molecule has 174 valence electrons. The number of rotatable bonds is 9. The molecule has 0 amide bonds. The van der Waals surface area contributed by atoms with E-state index in [-0.39, 0.29) is 5.69 Å². The van der Waals surface area contributed by atoms with Crippen LogP contribution in [0.4, 0.5) is 0 Å². The SMILES string of the molecule is CCn1nc(-c2ccc(OCc3ccc(Cl)cc3)cc2OCc2ccc(Cl)cc2)cc1C(=O)O. The molecule has 0 unspecified atom stereocenters. The standard InChI is InChI=1S/C26H22Cl2N2O4/c1-2-30-24(26(31)32)14-23(29-30)22-12-11-21(33-15-17-3-7-19(27)8-4-17)13-25(22)34-16-18-5-9-20(28)10-6-18/h3-14H,2,15-16H2,1H3,(H,31,32). The average molecular weight is 497 g/mol. The van der Waals surface area contributed by atoms with Crippen molar-refractivity contribution in [3.8, 4) is 22.8 Å². The van der Waals surface area contributed by atoms with E-state index >= 15 is 0 Å². The smallest absolute Gasteiger partial charge is 0.354 e. The number of ether oxygens (including phenoxy) is 2. The molecule has 0 atom stereocenters. The fraction of sp³-hybridized carbons (Fsp3) is 0.154. The highest BCUT2D eigenvalue weighted by Crippen LogP contribution is 2.34. The molecule has 3 aromatic carbocycles. The maximum absolute atomic E-state index is 11.6. The van der Waals surface area contributed by atoms with Gasteiger partial charge in [0.2, 0.25) is 0 Å². The summed E-state index contributed by atoms with van der Waals surface area (Å²) in [6.45, 7) is 2.94. The normalized spacial score (nSPS) is 10.8. The van der Waals surface area contributed by atoms with Gasteiger partial charge in [0.25, 0.3) is 0 Å². The van der Waals surface area contributed by atoms with Gasteiger partial charge in [0.15, 0.2) is 0 Å². The van der Waals surface area contributed by atoms with E-state index in [2.05, 4.69) is 5.10 Å². The number of aryl methyl sites for hydroxylation is 1. The van der Waals surface area contributed by atoms with Gasteiger partial charge in [-0.3, -0.25) is 4.68 Å². The first-order chi connectivity index (χ1) is 16.4. The zero-order chi connectivity index (χ0) is 24.1. The molecule has 4 rings (SSSR count). The fourth-order valence-electron chi connectivity index (χ4n) is 3.37. The number of nitrogens with zero attached hydrogens (tertiary/aromatic N) is 2. The van der Waals surface area contributed by atoms with Crippen molar-refractivity contribution >= 4 is 29.2 Å². The molecule has 0 fully saturated rings. The third-order valence-electron chi connectivity index (χ3n) is 5.15. The van der Waals surface area contributed by atoms with E-state index < -0.39 is 5.97 Å². The first-order valence-electron chi connectivity index (χ1n) is 10.6. The number of aromatic nitrogens is 2. The summed E-state index contributed by atoms with van der Waals surface area (Å²) in [6.07, 6.45) is 0. The lowest BCUT2D eigenvalue weighted by atomic mass is 10.1. The van der Waals surface area contributed by atoms with E-state index in [1.54, 1.807) is 24.3 Å². The second-order valence-electron chi connectivity index (χ2n) is 7.52. The number of carboxylic acids is 1. The van der Waals surface area contributed by atoms with E-state index in [4.69, 9.17) is 32.7 Å². The lowest BCUT2D eigenvalue weighted by molar-refractivity contribution is 0.0683. The van der Waals surface area contributed by atoms with Gasteiger partial charge in [0.1, 0.15) is 30.4 Å². The number of carbonyl (C=O) groups is 1. The molecular weight excluding hydrogens is 475 g/mol. The third kappa shape index (κ3) is 5.71. The predicted molar refractivity (Wildman–Crippen MR) is 132 cm³/mol. The van der Waals surface area contributed by atoms with Crippen molar-refractivity contribution in [2.45, 2.75) is 26.7 Å². The van der Waals surface area contributed by atoms with Crippen molar-refractivity contribution in [3.05, 3.63) is 99.7 Å². The Morgan fingerprint density at radius 2 is 1.47 bits per heavy atom. The summed E-state index contributed by atoms with van der Waals surface area (Å²) in [7, 11) is 0. The second-order valence-corrected chi connectivity index (χ2v) is 8.40. The zero-order valence-electron chi connectivity index (χ0n) is 18.4. The maximum atomic E-state index is 11.6. The molecule has 0 bridgehead atoms. The van der Waals surface area contributed by atoms with Gasteiger partial charge in [-0.25, -0.2) is 4.79 Å². The first-order valence-corrected chi connectivity index (χ1v) is 11.4. The molecule has 8 heteroatoms. The Hall–Kier alpha value is -3.48. The molecule has 0 aliphatic heterocycles. The summed E-state index contributed by atoms with van der Waals surface area (Å²) in [5.74, 6) is 0.103. The molecule has 1 N–H and O–H groups in total. The van der Waals surface area contributed by atoms with Crippen LogP contribution in [0, 0.1) is 0 Å². The maximum Gasteiger partial charge on any atom is 0.354 e. The van der Waals surface area contributed by atoms with Crippen LogP contribution in [0.2, 0.25) is 10.0 Å². The Labute approximate surface area is 207 Å². The summed E-state index contributed by atoms with van der Waals surface area (Å²) in [5, 5.41) is 15.3. The van der Waals surface area contributed by atoms with Crippen LogP contribution in [0.15, 0.2) is 72.8 Å². The van der Waals surface area contributed by atoms with E-state index in [1.165, 1.54) is 4.68 Å². The van der Waals surface area contributed by atoms with Gasteiger partial charge in [-0.05, 0) is 60.5 Å². The number of carboxylic acid groups (broad SMARTS) is 1. The van der Waals surface area contributed by atoms with Gasteiger partial charge in [-0.1, -0.05) is 47.5 Å². The highest BCUT2D eigenvalue weighted by Gasteiger charge is 2.18. The molecule has 1 aromatic heterocycles. The van der Waals surface area contributed by atoms with Crippen LogP contribution >= 0.6 is 23.2 Å². The minimum absolute atomic E-state index is 0.115. The van der Waals surface area contributed by atoms with Crippen LogP contribution in [-0.2, 0) is 19.8 Å². The fourth-order valence-corrected chi connectivity index (χ4v) is 3.63. The molecule has 0 aliphatic carbocycles. The van der Waals surface area contributed by atoms with E-state index in [1.807, 2.05) is 55.5 Å². The van der Waals surface area contributed by atoms with Crippen molar-refractivity contribution in [2.24, 2.45) is 0 Å². The minimum Gasteiger partial charge on any atom is -0.489 e. The monoisotopic (exact) mass is 496 g/mol. The minimum atomic E-state index is -1.04. The van der Waals surface area contributed by atoms with Crippen LogP contribution in [0.25, 0.3) is 11.3 Å². The van der Waals surface area contributed by atoms with Gasteiger partial charge >= 0.3 is 5.97 Å². The molecule has 4 aromatic rings. The molecule has 0 radical (unpaired) electrons. The highest BCUT2D eigenvalue weighted by molar-refractivity contribution is 6.30. The Balaban J connectivity index is 1.63. The summed E-state index contributed by atoms with van der Waals surface area (Å²) < 4.78 is 13.5. The Kier molecular flexibility index (Phi) is 7.40. The molecule has 34 heavy (non-hydrogen) atoms. The molecule has 1 heterocycles. The number of halogens is 2. The van der Waals surface area contributed by atoms with Gasteiger partial charge < -0.3 is 14.6 Å². The number of hydrogen-bond acceptors (Lipinski definition) is 4. The van der Waals surface area contributed by atoms with Crippen molar-refractivity contribution in [3.63, 3.8) is 0 Å². The summed E-state index contributed by atoms with van der Waals surface area (Å²) in [4.78, 5) is 11.6. The molecule has 0 spiro atoms. The number of hydrogen-bond donors (Lipinski definition) is 1. The van der Waals surface area contributed by atoms with Crippen LogP contribution in [-0.4, -0.2) is 20.9 Å². The van der Waals surface area contributed by atoms with Crippen molar-refractivity contribution in [1.29, 1.82) is 0 Å². The molecule has 6 nitrogen and oxygen atoms in total. The van der Waals surface area contributed by atoms with Crippen molar-refractivity contribution in [1.82, 2.24) is 9.78 Å². The van der Waals surface area contributed by atoms with Gasteiger partial charge in [0, 0.05) is 28.2 Å². The van der Waals surface area contributed by atoms with Crippen molar-refractivity contribution in [2.75, 3.05) is 0 Å². The molecule has 0 saturated carbocycles. The van der Waals surface area contributed by atoms with Crippen molar-refractivity contribution < 1.29 is 19.4 Å². The van der Waals surface area contributed by atoms with Crippen LogP contribution in [0.3, 0.4) is 0 Å². The number of aromatic carboxylic acids is 1. The summed E-state index contributed by atoms with van der Waals surface area (Å²) in [5.41, 5.74) is 3.21. The first kappa shape index (κ1) is 23.7. The largest absolute Gasteiger partial charge is 0.489 e. The topological polar surface area (TPSA) is 73.6 Å². The summed E-state index contributed by atoms with van der Waals surface area (Å²) in [6, 6.07) is 21.8. The lowest BCUT2D eigenvalue weighted by Gasteiger charge is -2.13. The summed E-state index contributed by atoms with van der Waals surface area (Å²) >= 11 is 11.9. The average Bonchev–Trinajstić information content (AvgIpc) is 3.28. The molecular formula is C26H22Cl2N2O4. The Morgan fingerprint density at radius 3 is 2.00 bits per heavy atom. The van der Waals surface area contributed by atoms with E-state index in [9.17, 15) is 9.90 Å². The predicted octanol–water partition coefficient (Wildman–Crippen LogP) is 6.73. The Bertz CT molecular complexity index is 1290. The van der Waals surface area contributed by atoms with Gasteiger partial charge in [-0.2, -0.15) is 5.10 Å². The number of benzene rings is 3. The highest BCUT2D eigenvalue weighted by atomic mass is 35.5. The molecule has 0 saturated heterocycles. The second kappa shape index (κ2) is 10.6. The lowest BCUT2D eigenvalue weighted by Crippen LogP contribution is -2.08. The quantitative estimate of drug-likeness (QED) is 0.278. The van der Waals surface area contributed by atoms with Crippen LogP contribution in [0.1, 0.15) is 28.5 Å². The zero-order valence-corrected chi connectivity index (χ0v) is 19.9. The van der Waals surface area contributed by atoms with Crippen LogP contribution < -0.4 is 9.47 Å².